The Hall–Kier alpha value is -0.750. The van der Waals surface area contributed by atoms with Gasteiger partial charge in [-0.05, 0) is 38.2 Å². The van der Waals surface area contributed by atoms with E-state index in [1.807, 2.05) is 32.0 Å². The van der Waals surface area contributed by atoms with Gasteiger partial charge in [-0.2, -0.15) is 0 Å². The second-order valence-electron chi connectivity index (χ2n) is 7.13. The van der Waals surface area contributed by atoms with Crippen LogP contribution in [0.25, 0.3) is 0 Å². The van der Waals surface area contributed by atoms with Crippen molar-refractivity contribution >= 4 is 7.60 Å². The highest BCUT2D eigenvalue weighted by atomic mass is 31.2. The average molecular weight is 413 g/mol. The normalized spacial score (nSPS) is 18.1. The van der Waals surface area contributed by atoms with Crippen LogP contribution in [0.3, 0.4) is 0 Å². The van der Waals surface area contributed by atoms with Crippen molar-refractivity contribution in [1.82, 2.24) is 5.32 Å². The van der Waals surface area contributed by atoms with Gasteiger partial charge in [-0.3, -0.25) is 9.88 Å². The lowest BCUT2D eigenvalue weighted by atomic mass is 9.88. The van der Waals surface area contributed by atoms with Crippen molar-refractivity contribution in [2.45, 2.75) is 57.8 Å². The largest absolute Gasteiger partial charge is 0.359 e. The fourth-order valence-electron chi connectivity index (χ4n) is 3.87. The highest BCUT2D eigenvalue weighted by Crippen LogP contribution is 2.56. The number of hydrogen-bond acceptors (Lipinski definition) is 6. The predicted octanol–water partition coefficient (Wildman–Crippen LogP) is 5.11. The number of nitrogens with one attached hydrogen (secondary N) is 1. The van der Waals surface area contributed by atoms with Crippen LogP contribution in [-0.2, 0) is 23.1 Å². The van der Waals surface area contributed by atoms with E-state index in [2.05, 4.69) is 17.4 Å². The summed E-state index contributed by atoms with van der Waals surface area (Å²) in [6.07, 6.45) is 5.59. The van der Waals surface area contributed by atoms with Gasteiger partial charge in [0, 0.05) is 7.11 Å². The maximum atomic E-state index is 13.7. The number of rotatable bonds is 13. The molecule has 0 unspecified atom stereocenters. The molecule has 0 aliphatic heterocycles. The van der Waals surface area contributed by atoms with E-state index < -0.39 is 7.60 Å². The smallest absolute Gasteiger partial charge is 0.347 e. The molecule has 1 N–H and O–H groups in total. The van der Waals surface area contributed by atoms with Crippen molar-refractivity contribution in [1.29, 1.82) is 0 Å². The molecule has 0 aromatic heterocycles. The average Bonchev–Trinajstić information content (AvgIpc) is 2.72. The summed E-state index contributed by atoms with van der Waals surface area (Å²) in [6.45, 7) is 5.07. The third kappa shape index (κ3) is 6.94. The summed E-state index contributed by atoms with van der Waals surface area (Å²) in [5.41, 5.74) is 1.08. The van der Waals surface area contributed by atoms with Gasteiger partial charge in [0.15, 0.2) is 0 Å². The van der Waals surface area contributed by atoms with Crippen LogP contribution in [-0.4, -0.2) is 39.5 Å². The summed E-state index contributed by atoms with van der Waals surface area (Å²) in [6, 6.07) is 9.97. The molecule has 0 bridgehead atoms. The zero-order valence-electron chi connectivity index (χ0n) is 17.5. The summed E-state index contributed by atoms with van der Waals surface area (Å²) in [7, 11) is -1.70. The van der Waals surface area contributed by atoms with Gasteiger partial charge < -0.3 is 18.5 Å². The quantitative estimate of drug-likeness (QED) is 0.275. The van der Waals surface area contributed by atoms with Gasteiger partial charge in [-0.25, -0.2) is 0 Å². The van der Waals surface area contributed by atoms with Gasteiger partial charge in [-0.1, -0.05) is 49.6 Å². The van der Waals surface area contributed by atoms with Crippen LogP contribution >= 0.6 is 7.60 Å². The van der Waals surface area contributed by atoms with Crippen LogP contribution in [0.4, 0.5) is 0 Å². The minimum Gasteiger partial charge on any atom is -0.359 e. The molecule has 0 spiro atoms. The van der Waals surface area contributed by atoms with E-state index in [4.69, 9.17) is 18.5 Å². The fourth-order valence-corrected chi connectivity index (χ4v) is 6.17. The first kappa shape index (κ1) is 23.5. The molecule has 1 aromatic rings. The van der Waals surface area contributed by atoms with Crippen LogP contribution in [0, 0.1) is 5.92 Å². The molecule has 0 radical (unpaired) electrons. The molecular formula is C21H36NO5P. The third-order valence-electron chi connectivity index (χ3n) is 5.11. The van der Waals surface area contributed by atoms with E-state index in [0.29, 0.717) is 19.8 Å². The van der Waals surface area contributed by atoms with E-state index in [1.165, 1.54) is 6.42 Å². The Labute approximate surface area is 169 Å². The van der Waals surface area contributed by atoms with E-state index in [0.717, 1.165) is 31.2 Å². The van der Waals surface area contributed by atoms with E-state index in [1.54, 1.807) is 7.11 Å². The lowest BCUT2D eigenvalue weighted by molar-refractivity contribution is -0.0393. The highest BCUT2D eigenvalue weighted by molar-refractivity contribution is 7.54. The minimum absolute atomic E-state index is 0.127. The van der Waals surface area contributed by atoms with Crippen molar-refractivity contribution in [2.75, 3.05) is 33.7 Å². The fraction of sp³-hybridized carbons (Fsp3) is 0.714. The van der Waals surface area contributed by atoms with Crippen molar-refractivity contribution in [3.63, 3.8) is 0 Å². The molecule has 1 aliphatic rings. The van der Waals surface area contributed by atoms with Crippen LogP contribution < -0.4 is 5.32 Å². The molecule has 7 heteroatoms. The molecule has 28 heavy (non-hydrogen) atoms. The molecule has 6 nitrogen and oxygen atoms in total. The van der Waals surface area contributed by atoms with Crippen molar-refractivity contribution in [3.05, 3.63) is 35.9 Å². The first-order chi connectivity index (χ1) is 13.6. The van der Waals surface area contributed by atoms with Crippen LogP contribution in [0.15, 0.2) is 30.3 Å². The molecular weight excluding hydrogens is 377 g/mol. The van der Waals surface area contributed by atoms with Gasteiger partial charge in [0.05, 0.1) is 25.9 Å². The van der Waals surface area contributed by atoms with Crippen LogP contribution in [0.5, 0.6) is 0 Å². The standard InChI is InChI=1S/C21H36NO5P/c1-4-26-28(23,27-5-2)21(19-14-10-7-11-15-19)22-20(16-25-17-24-3)18-12-8-6-9-13-18/h6,8-9,12-13,19-22H,4-5,7,10-11,14-17H2,1-3H3/t20-,21+/m0/s1. The van der Waals surface area contributed by atoms with Crippen LogP contribution in [0.1, 0.15) is 57.6 Å². The van der Waals surface area contributed by atoms with Crippen molar-refractivity contribution in [3.8, 4) is 0 Å². The highest BCUT2D eigenvalue weighted by Gasteiger charge is 2.42. The van der Waals surface area contributed by atoms with Crippen molar-refractivity contribution in [2.24, 2.45) is 5.92 Å². The molecule has 1 aliphatic carbocycles. The topological polar surface area (TPSA) is 66.0 Å². The lowest BCUT2D eigenvalue weighted by Crippen LogP contribution is -2.42. The SMILES string of the molecule is CCOP(=O)(OCC)[C@@H](N[C@@H](COCOC)c1ccccc1)C1CCCCC1. The summed E-state index contributed by atoms with van der Waals surface area (Å²) in [5.74, 6) is -0.102. The summed E-state index contributed by atoms with van der Waals surface area (Å²) < 4.78 is 35.9. The zero-order valence-corrected chi connectivity index (χ0v) is 18.4. The number of methoxy groups -OCH3 is 1. The molecule has 2 atom stereocenters. The second-order valence-corrected chi connectivity index (χ2v) is 9.28. The monoisotopic (exact) mass is 413 g/mol. The molecule has 1 aromatic carbocycles. The Bertz CT molecular complexity index is 569. The summed E-state index contributed by atoms with van der Waals surface area (Å²) in [4.78, 5) is 0. The molecule has 0 heterocycles. The van der Waals surface area contributed by atoms with Gasteiger partial charge >= 0.3 is 7.60 Å². The Morgan fingerprint density at radius 2 is 1.71 bits per heavy atom. The van der Waals surface area contributed by atoms with Gasteiger partial charge in [0.1, 0.15) is 12.6 Å². The van der Waals surface area contributed by atoms with Gasteiger partial charge in [0.25, 0.3) is 0 Å². The lowest BCUT2D eigenvalue weighted by Gasteiger charge is -2.37. The Morgan fingerprint density at radius 1 is 1.07 bits per heavy atom. The molecule has 2 rings (SSSR count). The Morgan fingerprint density at radius 3 is 2.29 bits per heavy atom. The molecule has 160 valence electrons. The van der Waals surface area contributed by atoms with E-state index in [-0.39, 0.29) is 24.5 Å². The molecule has 0 amide bonds. The van der Waals surface area contributed by atoms with E-state index >= 15 is 0 Å². The Balaban J connectivity index is 2.28. The maximum absolute atomic E-state index is 13.7. The zero-order chi connectivity index (χ0) is 20.2. The predicted molar refractivity (Wildman–Crippen MR) is 111 cm³/mol. The number of hydrogen-bond donors (Lipinski definition) is 1. The summed E-state index contributed by atoms with van der Waals surface area (Å²) >= 11 is 0. The minimum atomic E-state index is -3.31. The number of benzene rings is 1. The van der Waals surface area contributed by atoms with Crippen molar-refractivity contribution < 1.29 is 23.1 Å². The van der Waals surface area contributed by atoms with Gasteiger partial charge in [0.2, 0.25) is 0 Å². The number of ether oxygens (including phenoxy) is 2. The van der Waals surface area contributed by atoms with Crippen LogP contribution in [0.2, 0.25) is 0 Å². The molecule has 1 saturated carbocycles. The first-order valence-corrected chi connectivity index (χ1v) is 12.0. The van der Waals surface area contributed by atoms with E-state index in [9.17, 15) is 4.57 Å². The second kappa shape index (κ2) is 12.7. The summed E-state index contributed by atoms with van der Waals surface area (Å²) in [5, 5.41) is 3.62. The Kier molecular flexibility index (Phi) is 10.7. The molecule has 0 saturated heterocycles. The van der Waals surface area contributed by atoms with Gasteiger partial charge in [-0.15, -0.1) is 0 Å². The third-order valence-corrected chi connectivity index (χ3v) is 7.60. The maximum Gasteiger partial charge on any atom is 0.347 e. The first-order valence-electron chi connectivity index (χ1n) is 10.4. The molecule has 1 fully saturated rings.